The molecule has 76 valence electrons. The van der Waals surface area contributed by atoms with Gasteiger partial charge >= 0.3 is 0 Å². The molecule has 13 heavy (non-hydrogen) atoms. The Labute approximate surface area is 78.2 Å². The summed E-state index contributed by atoms with van der Waals surface area (Å²) >= 11 is 0. The Morgan fingerprint density at radius 2 is 2.15 bits per heavy atom. The Morgan fingerprint density at radius 3 is 2.46 bits per heavy atom. The van der Waals surface area contributed by atoms with Crippen LogP contribution >= 0.6 is 0 Å². The van der Waals surface area contributed by atoms with Crippen molar-refractivity contribution in [1.82, 2.24) is 5.32 Å². The maximum atomic E-state index is 9.11. The minimum Gasteiger partial charge on any atom is -0.394 e. The van der Waals surface area contributed by atoms with Crippen LogP contribution in [0.5, 0.6) is 0 Å². The lowest BCUT2D eigenvalue weighted by Gasteiger charge is -2.28. The fourth-order valence-corrected chi connectivity index (χ4v) is 1.19. The van der Waals surface area contributed by atoms with Crippen LogP contribution in [0.3, 0.4) is 0 Å². The number of epoxide rings is 1. The van der Waals surface area contributed by atoms with Crippen LogP contribution in [0.25, 0.3) is 0 Å². The molecule has 1 saturated heterocycles. The molecule has 1 rings (SSSR count). The highest BCUT2D eigenvalue weighted by molar-refractivity contribution is 5.01. The lowest BCUT2D eigenvalue weighted by atomic mass is 9.98. The monoisotopic (exact) mass is 187 g/mol. The summed E-state index contributed by atoms with van der Waals surface area (Å²) in [5.74, 6) is 0. The maximum absolute atomic E-state index is 9.11. The molecule has 0 bridgehead atoms. The molecule has 1 heterocycles. The molecule has 1 aliphatic heterocycles. The highest BCUT2D eigenvalue weighted by Crippen LogP contribution is 2.23. The predicted octanol–water partition coefficient (Wildman–Crippen LogP) is -0.380. The molecule has 0 aromatic rings. The van der Waals surface area contributed by atoms with Gasteiger partial charge in [-0.2, -0.15) is 0 Å². The number of aliphatic hydroxyl groups excluding tert-OH is 2. The highest BCUT2D eigenvalue weighted by atomic mass is 16.6. The number of hydrogen-bond acceptors (Lipinski definition) is 4. The molecule has 1 fully saturated rings. The smallest absolute Gasteiger partial charge is 0.139 e. The van der Waals surface area contributed by atoms with E-state index < -0.39 is 5.54 Å². The summed E-state index contributed by atoms with van der Waals surface area (Å²) < 4.78 is 5.18. The van der Waals surface area contributed by atoms with E-state index in [1.807, 2.05) is 6.92 Å². The Morgan fingerprint density at radius 1 is 1.54 bits per heavy atom. The van der Waals surface area contributed by atoms with Gasteiger partial charge in [0, 0.05) is 0 Å². The van der Waals surface area contributed by atoms with Crippen molar-refractivity contribution >= 4 is 0 Å². The van der Waals surface area contributed by atoms with Gasteiger partial charge in [-0.3, -0.25) is 5.32 Å². The fourth-order valence-electron chi connectivity index (χ4n) is 1.19. The maximum Gasteiger partial charge on any atom is 0.139 e. The third kappa shape index (κ3) is 2.28. The number of nitrogens with one attached hydrogen (secondary N) is 1. The first kappa shape index (κ1) is 10.7. The second kappa shape index (κ2) is 4.19. The summed E-state index contributed by atoms with van der Waals surface area (Å²) in [6, 6.07) is 0. The molecule has 0 aliphatic carbocycles. The summed E-state index contributed by atoms with van der Waals surface area (Å²) in [6.07, 6.45) is 2.28. The summed E-state index contributed by atoms with van der Waals surface area (Å²) in [5.41, 5.74) is -0.623. The standard InChI is InChI=1S/C9H17NO3/c1-3-7-8(13-7)10-9(4-2,5-11)6-12/h3,7-8,10-12H,1,4-6H2,2H3. The van der Waals surface area contributed by atoms with E-state index in [-0.39, 0.29) is 25.5 Å². The number of hydrogen-bond donors (Lipinski definition) is 3. The topological polar surface area (TPSA) is 65.0 Å². The molecule has 1 aliphatic rings. The molecule has 4 nitrogen and oxygen atoms in total. The first-order valence-electron chi connectivity index (χ1n) is 4.49. The Hall–Kier alpha value is -0.420. The summed E-state index contributed by atoms with van der Waals surface area (Å²) in [5, 5.41) is 21.3. The van der Waals surface area contributed by atoms with E-state index in [1.165, 1.54) is 0 Å². The van der Waals surface area contributed by atoms with Crippen molar-refractivity contribution in [3.05, 3.63) is 12.7 Å². The third-order valence-electron chi connectivity index (χ3n) is 2.49. The van der Waals surface area contributed by atoms with E-state index in [9.17, 15) is 0 Å². The molecule has 3 N–H and O–H groups in total. The zero-order valence-electron chi connectivity index (χ0n) is 7.86. The van der Waals surface area contributed by atoms with Crippen molar-refractivity contribution in [2.75, 3.05) is 13.2 Å². The molecule has 0 aromatic carbocycles. The second-order valence-electron chi connectivity index (χ2n) is 3.35. The molecule has 0 radical (unpaired) electrons. The van der Waals surface area contributed by atoms with Crippen LogP contribution in [0.4, 0.5) is 0 Å². The minimum atomic E-state index is -0.623. The largest absolute Gasteiger partial charge is 0.394 e. The van der Waals surface area contributed by atoms with Gasteiger partial charge in [-0.25, -0.2) is 0 Å². The van der Waals surface area contributed by atoms with Crippen molar-refractivity contribution in [2.24, 2.45) is 0 Å². The summed E-state index contributed by atoms with van der Waals surface area (Å²) in [7, 11) is 0. The van der Waals surface area contributed by atoms with Gasteiger partial charge in [0.1, 0.15) is 12.3 Å². The zero-order valence-corrected chi connectivity index (χ0v) is 7.86. The highest BCUT2D eigenvalue weighted by Gasteiger charge is 2.42. The van der Waals surface area contributed by atoms with Crippen LogP contribution in [-0.2, 0) is 4.74 Å². The molecule has 4 heteroatoms. The number of aliphatic hydroxyl groups is 2. The van der Waals surface area contributed by atoms with Gasteiger partial charge < -0.3 is 14.9 Å². The third-order valence-corrected chi connectivity index (χ3v) is 2.49. The van der Waals surface area contributed by atoms with Crippen molar-refractivity contribution in [1.29, 1.82) is 0 Å². The van der Waals surface area contributed by atoms with Crippen LogP contribution in [0, 0.1) is 0 Å². The van der Waals surface area contributed by atoms with Crippen LogP contribution in [0.1, 0.15) is 13.3 Å². The van der Waals surface area contributed by atoms with E-state index >= 15 is 0 Å². The Kier molecular flexibility index (Phi) is 3.44. The molecule has 2 unspecified atom stereocenters. The van der Waals surface area contributed by atoms with Gasteiger partial charge in [0.05, 0.1) is 18.8 Å². The van der Waals surface area contributed by atoms with Crippen molar-refractivity contribution in [3.63, 3.8) is 0 Å². The second-order valence-corrected chi connectivity index (χ2v) is 3.35. The average molecular weight is 187 g/mol. The molecular formula is C9H17NO3. The van der Waals surface area contributed by atoms with E-state index in [2.05, 4.69) is 11.9 Å². The van der Waals surface area contributed by atoms with Gasteiger partial charge in [-0.1, -0.05) is 13.0 Å². The first-order valence-corrected chi connectivity index (χ1v) is 4.49. The molecule has 0 aromatic heterocycles. The van der Waals surface area contributed by atoms with Gasteiger partial charge in [0.15, 0.2) is 0 Å². The van der Waals surface area contributed by atoms with E-state index in [4.69, 9.17) is 14.9 Å². The number of rotatable bonds is 6. The quantitative estimate of drug-likeness (QED) is 0.392. The minimum absolute atomic E-state index is 0.0176. The molecule has 0 spiro atoms. The van der Waals surface area contributed by atoms with Gasteiger partial charge in [-0.05, 0) is 6.42 Å². The van der Waals surface area contributed by atoms with Crippen LogP contribution in [0.15, 0.2) is 12.7 Å². The lowest BCUT2D eigenvalue weighted by Crippen LogP contribution is -2.52. The number of ether oxygens (including phenoxy) is 1. The van der Waals surface area contributed by atoms with Gasteiger partial charge in [0.25, 0.3) is 0 Å². The Bertz CT molecular complexity index is 171. The van der Waals surface area contributed by atoms with Gasteiger partial charge in [0.2, 0.25) is 0 Å². The fraction of sp³-hybridized carbons (Fsp3) is 0.778. The van der Waals surface area contributed by atoms with Crippen LogP contribution in [0.2, 0.25) is 0 Å². The lowest BCUT2D eigenvalue weighted by molar-refractivity contribution is 0.0764. The molecule has 0 saturated carbocycles. The Balaban J connectivity index is 2.43. The molecule has 2 atom stereocenters. The first-order chi connectivity index (χ1) is 6.21. The van der Waals surface area contributed by atoms with E-state index in [0.717, 1.165) is 0 Å². The van der Waals surface area contributed by atoms with Crippen molar-refractivity contribution < 1.29 is 14.9 Å². The van der Waals surface area contributed by atoms with E-state index in [1.54, 1.807) is 6.08 Å². The summed E-state index contributed by atoms with van der Waals surface area (Å²) in [6.45, 7) is 5.31. The zero-order chi connectivity index (χ0) is 9.90. The van der Waals surface area contributed by atoms with Crippen molar-refractivity contribution in [2.45, 2.75) is 31.2 Å². The molecule has 0 amide bonds. The average Bonchev–Trinajstić information content (AvgIpc) is 2.93. The van der Waals surface area contributed by atoms with Crippen LogP contribution < -0.4 is 5.32 Å². The van der Waals surface area contributed by atoms with Crippen molar-refractivity contribution in [3.8, 4) is 0 Å². The normalized spacial score (nSPS) is 27.3. The van der Waals surface area contributed by atoms with E-state index in [0.29, 0.717) is 6.42 Å². The van der Waals surface area contributed by atoms with Crippen LogP contribution in [-0.4, -0.2) is 41.3 Å². The SMILES string of the molecule is C=CC1OC1NC(CC)(CO)CO. The molecular weight excluding hydrogens is 170 g/mol. The van der Waals surface area contributed by atoms with Gasteiger partial charge in [-0.15, -0.1) is 6.58 Å². The predicted molar refractivity (Wildman–Crippen MR) is 49.2 cm³/mol. The summed E-state index contributed by atoms with van der Waals surface area (Å²) in [4.78, 5) is 0.